The van der Waals surface area contributed by atoms with Crippen LogP contribution in [0.3, 0.4) is 0 Å². The molecule has 2 N–H and O–H groups in total. The summed E-state index contributed by atoms with van der Waals surface area (Å²) in [7, 11) is 0. The lowest BCUT2D eigenvalue weighted by Gasteiger charge is -2.26. The first-order valence-corrected chi connectivity index (χ1v) is 6.99. The van der Waals surface area contributed by atoms with E-state index in [2.05, 4.69) is 4.90 Å². The number of rotatable bonds is 5. The van der Waals surface area contributed by atoms with Crippen molar-refractivity contribution in [2.45, 2.75) is 0 Å². The van der Waals surface area contributed by atoms with Crippen LogP contribution in [-0.4, -0.2) is 50.3 Å². The Morgan fingerprint density at radius 3 is 2.86 bits per heavy atom. The Morgan fingerprint density at radius 2 is 2.10 bits per heavy atom. The number of furan rings is 1. The fraction of sp³-hybridized carbons (Fsp3) is 0.400. The summed E-state index contributed by atoms with van der Waals surface area (Å²) in [6, 6.07) is 7.10. The molecule has 2 heterocycles. The van der Waals surface area contributed by atoms with E-state index in [0.717, 1.165) is 44.0 Å². The highest BCUT2D eigenvalue weighted by Crippen LogP contribution is 2.24. The lowest BCUT2D eigenvalue weighted by atomic mass is 10.2. The summed E-state index contributed by atoms with van der Waals surface area (Å²) in [6.45, 7) is 4.97. The Morgan fingerprint density at radius 1 is 1.29 bits per heavy atom. The molecular formula is C15H18N2O4. The van der Waals surface area contributed by atoms with Crippen molar-refractivity contribution < 1.29 is 18.7 Å². The second-order valence-electron chi connectivity index (χ2n) is 4.98. The minimum atomic E-state index is -0.569. The first kappa shape index (κ1) is 13.9. The molecule has 1 amide bonds. The van der Waals surface area contributed by atoms with E-state index in [1.165, 1.54) is 0 Å². The molecule has 1 aromatic heterocycles. The number of amides is 1. The van der Waals surface area contributed by atoms with Gasteiger partial charge in [0.2, 0.25) is 0 Å². The zero-order valence-electron chi connectivity index (χ0n) is 11.7. The van der Waals surface area contributed by atoms with E-state index in [1.807, 2.05) is 12.1 Å². The Bertz CT molecular complexity index is 632. The van der Waals surface area contributed by atoms with E-state index in [0.29, 0.717) is 12.2 Å². The molecular weight excluding hydrogens is 272 g/mol. The fourth-order valence-electron chi connectivity index (χ4n) is 2.35. The number of primary amides is 1. The number of hydrogen-bond donors (Lipinski definition) is 1. The second kappa shape index (κ2) is 6.15. The highest BCUT2D eigenvalue weighted by molar-refractivity contribution is 5.95. The normalized spacial score (nSPS) is 16.2. The Labute approximate surface area is 122 Å². The van der Waals surface area contributed by atoms with Crippen LogP contribution in [-0.2, 0) is 4.74 Å². The van der Waals surface area contributed by atoms with Crippen molar-refractivity contribution in [2.24, 2.45) is 5.73 Å². The number of ether oxygens (including phenoxy) is 2. The Balaban J connectivity index is 1.60. The van der Waals surface area contributed by atoms with E-state index < -0.39 is 5.91 Å². The minimum absolute atomic E-state index is 0.162. The van der Waals surface area contributed by atoms with Gasteiger partial charge >= 0.3 is 0 Å². The minimum Gasteiger partial charge on any atom is -0.492 e. The maximum absolute atomic E-state index is 11.1. The standard InChI is InChI=1S/C15H18N2O4/c16-15(18)14-10-11-9-12(1-2-13(11)21-14)20-8-5-17-3-6-19-7-4-17/h1-2,9-10H,3-8H2,(H2,16,18). The Kier molecular flexibility index (Phi) is 4.08. The van der Waals surface area contributed by atoms with Crippen LogP contribution in [0.5, 0.6) is 5.75 Å². The molecule has 21 heavy (non-hydrogen) atoms. The second-order valence-corrected chi connectivity index (χ2v) is 4.98. The Hall–Kier alpha value is -2.05. The first-order chi connectivity index (χ1) is 10.2. The number of hydrogen-bond acceptors (Lipinski definition) is 5. The summed E-state index contributed by atoms with van der Waals surface area (Å²) in [5.41, 5.74) is 5.83. The monoisotopic (exact) mass is 290 g/mol. The molecule has 1 aliphatic rings. The summed E-state index contributed by atoms with van der Waals surface area (Å²) in [6.07, 6.45) is 0. The molecule has 1 aromatic carbocycles. The summed E-state index contributed by atoms with van der Waals surface area (Å²) in [4.78, 5) is 13.4. The van der Waals surface area contributed by atoms with Gasteiger partial charge in [0.1, 0.15) is 17.9 Å². The van der Waals surface area contributed by atoms with Crippen molar-refractivity contribution in [1.82, 2.24) is 4.90 Å². The van der Waals surface area contributed by atoms with E-state index in [4.69, 9.17) is 19.6 Å². The molecule has 0 atom stereocenters. The van der Waals surface area contributed by atoms with Gasteiger partial charge in [0.05, 0.1) is 13.2 Å². The van der Waals surface area contributed by atoms with Crippen molar-refractivity contribution >= 4 is 16.9 Å². The average molecular weight is 290 g/mol. The molecule has 0 radical (unpaired) electrons. The molecule has 1 aliphatic heterocycles. The maximum Gasteiger partial charge on any atom is 0.284 e. The first-order valence-electron chi connectivity index (χ1n) is 6.99. The number of carbonyl (C=O) groups is 1. The number of nitrogens with zero attached hydrogens (tertiary/aromatic N) is 1. The number of nitrogens with two attached hydrogens (primary N) is 1. The van der Waals surface area contributed by atoms with Crippen LogP contribution in [0.2, 0.25) is 0 Å². The van der Waals surface area contributed by atoms with Crippen molar-refractivity contribution in [2.75, 3.05) is 39.5 Å². The van der Waals surface area contributed by atoms with Gasteiger partial charge in [-0.25, -0.2) is 0 Å². The summed E-state index contributed by atoms with van der Waals surface area (Å²) < 4.78 is 16.4. The molecule has 6 heteroatoms. The van der Waals surface area contributed by atoms with Crippen LogP contribution >= 0.6 is 0 Å². The summed E-state index contributed by atoms with van der Waals surface area (Å²) >= 11 is 0. The van der Waals surface area contributed by atoms with E-state index in [1.54, 1.807) is 12.1 Å². The molecule has 0 spiro atoms. The van der Waals surface area contributed by atoms with Crippen molar-refractivity contribution in [3.63, 3.8) is 0 Å². The number of morpholine rings is 1. The lowest BCUT2D eigenvalue weighted by Crippen LogP contribution is -2.38. The highest BCUT2D eigenvalue weighted by atomic mass is 16.5. The van der Waals surface area contributed by atoms with Gasteiger partial charge in [-0.3, -0.25) is 9.69 Å². The van der Waals surface area contributed by atoms with Crippen molar-refractivity contribution in [3.05, 3.63) is 30.0 Å². The predicted molar refractivity (Wildman–Crippen MR) is 77.5 cm³/mol. The van der Waals surface area contributed by atoms with Gasteiger partial charge in [-0.05, 0) is 24.3 Å². The van der Waals surface area contributed by atoms with Crippen molar-refractivity contribution in [1.29, 1.82) is 0 Å². The smallest absolute Gasteiger partial charge is 0.284 e. The third-order valence-corrected chi connectivity index (χ3v) is 3.51. The van der Waals surface area contributed by atoms with Crippen LogP contribution in [0.1, 0.15) is 10.6 Å². The quantitative estimate of drug-likeness (QED) is 0.896. The highest BCUT2D eigenvalue weighted by Gasteiger charge is 2.11. The molecule has 0 aliphatic carbocycles. The molecule has 0 saturated carbocycles. The van der Waals surface area contributed by atoms with E-state index in [-0.39, 0.29) is 5.76 Å². The summed E-state index contributed by atoms with van der Waals surface area (Å²) in [5, 5.41) is 0.813. The maximum atomic E-state index is 11.1. The zero-order valence-corrected chi connectivity index (χ0v) is 11.7. The molecule has 6 nitrogen and oxygen atoms in total. The fourth-order valence-corrected chi connectivity index (χ4v) is 2.35. The zero-order chi connectivity index (χ0) is 14.7. The third kappa shape index (κ3) is 3.34. The van der Waals surface area contributed by atoms with Crippen LogP contribution in [0.25, 0.3) is 11.0 Å². The van der Waals surface area contributed by atoms with Crippen molar-refractivity contribution in [3.8, 4) is 5.75 Å². The molecule has 3 rings (SSSR count). The molecule has 112 valence electrons. The SMILES string of the molecule is NC(=O)c1cc2cc(OCCN3CCOCC3)ccc2o1. The van der Waals surface area contributed by atoms with Crippen LogP contribution in [0.4, 0.5) is 0 Å². The van der Waals surface area contributed by atoms with Gasteiger partial charge in [-0.2, -0.15) is 0 Å². The molecule has 2 aromatic rings. The van der Waals surface area contributed by atoms with E-state index in [9.17, 15) is 4.79 Å². The van der Waals surface area contributed by atoms with Crippen LogP contribution < -0.4 is 10.5 Å². The topological polar surface area (TPSA) is 77.9 Å². The molecule has 1 saturated heterocycles. The van der Waals surface area contributed by atoms with Crippen LogP contribution in [0.15, 0.2) is 28.7 Å². The largest absolute Gasteiger partial charge is 0.492 e. The molecule has 0 unspecified atom stereocenters. The summed E-state index contributed by atoms with van der Waals surface area (Å²) in [5.74, 6) is 0.351. The molecule has 0 bridgehead atoms. The van der Waals surface area contributed by atoms with Crippen LogP contribution in [0, 0.1) is 0 Å². The molecule has 1 fully saturated rings. The van der Waals surface area contributed by atoms with Gasteiger partial charge in [-0.1, -0.05) is 0 Å². The number of benzene rings is 1. The van der Waals surface area contributed by atoms with Gasteiger partial charge in [-0.15, -0.1) is 0 Å². The predicted octanol–water partition coefficient (Wildman–Crippen LogP) is 1.24. The van der Waals surface area contributed by atoms with Gasteiger partial charge in [0.25, 0.3) is 5.91 Å². The van der Waals surface area contributed by atoms with E-state index >= 15 is 0 Å². The van der Waals surface area contributed by atoms with Gasteiger partial charge in [0, 0.05) is 25.0 Å². The number of fused-ring (bicyclic) bond motifs is 1. The number of carbonyl (C=O) groups excluding carboxylic acids is 1. The lowest BCUT2D eigenvalue weighted by molar-refractivity contribution is 0.0322. The third-order valence-electron chi connectivity index (χ3n) is 3.51. The average Bonchev–Trinajstić information content (AvgIpc) is 2.92. The van der Waals surface area contributed by atoms with Gasteiger partial charge < -0.3 is 19.6 Å². The van der Waals surface area contributed by atoms with Gasteiger partial charge in [0.15, 0.2) is 5.76 Å².